The summed E-state index contributed by atoms with van der Waals surface area (Å²) in [6.45, 7) is 4.28. The van der Waals surface area contributed by atoms with Crippen molar-refractivity contribution in [2.75, 3.05) is 30.5 Å². The third-order valence-electron chi connectivity index (χ3n) is 2.69. The highest BCUT2D eigenvalue weighted by Crippen LogP contribution is 2.21. The van der Waals surface area contributed by atoms with Crippen molar-refractivity contribution in [2.45, 2.75) is 13.3 Å². The fourth-order valence-corrected chi connectivity index (χ4v) is 1.80. The van der Waals surface area contributed by atoms with Gasteiger partial charge in [0.1, 0.15) is 5.82 Å². The minimum absolute atomic E-state index is 0.408. The number of benzene rings is 1. The van der Waals surface area contributed by atoms with Crippen LogP contribution in [0, 0.1) is 0 Å². The van der Waals surface area contributed by atoms with E-state index in [4.69, 9.17) is 10.6 Å². The molecule has 4 N–H and O–H groups in total. The molecule has 19 heavy (non-hydrogen) atoms. The van der Waals surface area contributed by atoms with Crippen LogP contribution in [0.1, 0.15) is 13.3 Å². The number of aromatic nitrogens is 2. The second-order valence-electron chi connectivity index (χ2n) is 4.03. The molecule has 1 aromatic heterocycles. The number of hydrogen-bond donors (Lipinski definition) is 3. The largest absolute Gasteiger partial charge is 0.382 e. The number of para-hydroxylation sites is 1. The van der Waals surface area contributed by atoms with Crippen molar-refractivity contribution in [1.82, 2.24) is 9.97 Å². The summed E-state index contributed by atoms with van der Waals surface area (Å²) in [5, 5.41) is 4.28. The maximum Gasteiger partial charge on any atom is 0.239 e. The SMILES string of the molecule is CCOCCCNc1nc(NN)nc2ccccc12. The molecule has 102 valence electrons. The molecule has 0 spiro atoms. The van der Waals surface area contributed by atoms with E-state index in [-0.39, 0.29) is 0 Å². The lowest BCUT2D eigenvalue weighted by molar-refractivity contribution is 0.147. The summed E-state index contributed by atoms with van der Waals surface area (Å²) in [5.74, 6) is 6.58. The van der Waals surface area contributed by atoms with Crippen LogP contribution >= 0.6 is 0 Å². The molecule has 1 heterocycles. The van der Waals surface area contributed by atoms with Crippen molar-refractivity contribution in [1.29, 1.82) is 0 Å². The smallest absolute Gasteiger partial charge is 0.239 e. The van der Waals surface area contributed by atoms with Crippen LogP contribution in [0.5, 0.6) is 0 Å². The Hall–Kier alpha value is -1.92. The van der Waals surface area contributed by atoms with Gasteiger partial charge in [-0.05, 0) is 25.5 Å². The molecule has 0 aliphatic rings. The third kappa shape index (κ3) is 3.52. The lowest BCUT2D eigenvalue weighted by Crippen LogP contribution is -2.13. The highest BCUT2D eigenvalue weighted by Gasteiger charge is 2.05. The van der Waals surface area contributed by atoms with Gasteiger partial charge in [0.2, 0.25) is 5.95 Å². The summed E-state index contributed by atoms with van der Waals surface area (Å²) in [7, 11) is 0. The van der Waals surface area contributed by atoms with E-state index in [1.165, 1.54) is 0 Å². The lowest BCUT2D eigenvalue weighted by atomic mass is 10.2. The van der Waals surface area contributed by atoms with Crippen molar-refractivity contribution in [3.8, 4) is 0 Å². The van der Waals surface area contributed by atoms with Crippen LogP contribution in [0.3, 0.4) is 0 Å². The molecule has 2 aromatic rings. The van der Waals surface area contributed by atoms with Crippen LogP contribution in [-0.2, 0) is 4.74 Å². The third-order valence-corrected chi connectivity index (χ3v) is 2.69. The van der Waals surface area contributed by atoms with Gasteiger partial charge in [-0.25, -0.2) is 10.8 Å². The Morgan fingerprint density at radius 2 is 2.11 bits per heavy atom. The molecule has 0 fully saturated rings. The van der Waals surface area contributed by atoms with E-state index < -0.39 is 0 Å². The van der Waals surface area contributed by atoms with Gasteiger partial charge in [0.05, 0.1) is 5.52 Å². The summed E-state index contributed by atoms with van der Waals surface area (Å²) >= 11 is 0. The van der Waals surface area contributed by atoms with E-state index >= 15 is 0 Å². The normalized spacial score (nSPS) is 10.6. The number of ether oxygens (including phenoxy) is 1. The second-order valence-corrected chi connectivity index (χ2v) is 4.03. The Kier molecular flexibility index (Phi) is 4.88. The summed E-state index contributed by atoms with van der Waals surface area (Å²) in [6.07, 6.45) is 0.928. The van der Waals surface area contributed by atoms with Crippen LogP contribution in [0.15, 0.2) is 24.3 Å². The molecule has 0 saturated heterocycles. The summed E-state index contributed by atoms with van der Waals surface area (Å²) < 4.78 is 5.30. The predicted octanol–water partition coefficient (Wildman–Crippen LogP) is 1.75. The van der Waals surface area contributed by atoms with Crippen LogP contribution in [-0.4, -0.2) is 29.7 Å². The Labute approximate surface area is 112 Å². The first-order valence-electron chi connectivity index (χ1n) is 6.40. The molecule has 0 saturated carbocycles. The van der Waals surface area contributed by atoms with E-state index in [1.54, 1.807) is 0 Å². The zero-order chi connectivity index (χ0) is 13.5. The van der Waals surface area contributed by atoms with Gasteiger partial charge >= 0.3 is 0 Å². The standard InChI is InChI=1S/C13H19N5O/c1-2-19-9-5-8-15-12-10-6-3-4-7-11(10)16-13(17-12)18-14/h3-4,6-7H,2,5,8-9,14H2,1H3,(H2,15,16,17,18). The summed E-state index contributed by atoms with van der Waals surface area (Å²) in [5.41, 5.74) is 3.34. The fraction of sp³-hybridized carbons (Fsp3) is 0.385. The molecular weight excluding hydrogens is 242 g/mol. The molecule has 6 nitrogen and oxygen atoms in total. The zero-order valence-corrected chi connectivity index (χ0v) is 11.0. The number of hydrazine groups is 1. The molecule has 0 unspecified atom stereocenters. The van der Waals surface area contributed by atoms with Gasteiger partial charge in [0, 0.05) is 25.1 Å². The first kappa shape index (κ1) is 13.5. The number of nitrogens with zero attached hydrogens (tertiary/aromatic N) is 2. The minimum atomic E-state index is 0.408. The Morgan fingerprint density at radius 1 is 1.26 bits per heavy atom. The van der Waals surface area contributed by atoms with Crippen LogP contribution in [0.4, 0.5) is 11.8 Å². The number of hydrogen-bond acceptors (Lipinski definition) is 6. The fourth-order valence-electron chi connectivity index (χ4n) is 1.80. The van der Waals surface area contributed by atoms with Crippen molar-refractivity contribution in [3.05, 3.63) is 24.3 Å². The molecule has 0 aliphatic carbocycles. The molecule has 1 aromatic carbocycles. The number of nitrogens with one attached hydrogen (secondary N) is 2. The number of nitrogen functional groups attached to an aromatic ring is 1. The van der Waals surface area contributed by atoms with Crippen molar-refractivity contribution >= 4 is 22.7 Å². The molecule has 0 bridgehead atoms. The highest BCUT2D eigenvalue weighted by atomic mass is 16.5. The van der Waals surface area contributed by atoms with Gasteiger partial charge in [0.25, 0.3) is 0 Å². The molecule has 0 radical (unpaired) electrons. The number of nitrogens with two attached hydrogens (primary N) is 1. The number of rotatable bonds is 7. The van der Waals surface area contributed by atoms with Crippen molar-refractivity contribution < 1.29 is 4.74 Å². The van der Waals surface area contributed by atoms with Gasteiger partial charge in [-0.1, -0.05) is 12.1 Å². The van der Waals surface area contributed by atoms with Gasteiger partial charge in [0.15, 0.2) is 0 Å². The Balaban J connectivity index is 2.11. The van der Waals surface area contributed by atoms with Crippen LogP contribution in [0.2, 0.25) is 0 Å². The average Bonchev–Trinajstić information content (AvgIpc) is 2.46. The summed E-state index contributed by atoms with van der Waals surface area (Å²) in [4.78, 5) is 8.64. The van der Waals surface area contributed by atoms with E-state index in [0.29, 0.717) is 5.95 Å². The van der Waals surface area contributed by atoms with E-state index in [9.17, 15) is 0 Å². The van der Waals surface area contributed by atoms with E-state index in [2.05, 4.69) is 20.7 Å². The van der Waals surface area contributed by atoms with Crippen molar-refractivity contribution in [2.24, 2.45) is 5.84 Å². The summed E-state index contributed by atoms with van der Waals surface area (Å²) in [6, 6.07) is 7.82. The van der Waals surface area contributed by atoms with Crippen LogP contribution < -0.4 is 16.6 Å². The first-order valence-corrected chi connectivity index (χ1v) is 6.40. The first-order chi connectivity index (χ1) is 9.35. The Morgan fingerprint density at radius 3 is 2.89 bits per heavy atom. The van der Waals surface area contributed by atoms with Gasteiger partial charge in [-0.2, -0.15) is 4.98 Å². The van der Waals surface area contributed by atoms with E-state index in [0.717, 1.165) is 42.9 Å². The topological polar surface area (TPSA) is 85.1 Å². The van der Waals surface area contributed by atoms with Crippen LogP contribution in [0.25, 0.3) is 10.9 Å². The maximum atomic E-state index is 5.38. The van der Waals surface area contributed by atoms with Gasteiger partial charge in [-0.15, -0.1) is 0 Å². The maximum absolute atomic E-state index is 5.38. The molecule has 0 atom stereocenters. The quantitative estimate of drug-likeness (QED) is 0.400. The lowest BCUT2D eigenvalue weighted by Gasteiger charge is -2.10. The number of fused-ring (bicyclic) bond motifs is 1. The van der Waals surface area contributed by atoms with Crippen molar-refractivity contribution in [3.63, 3.8) is 0 Å². The average molecular weight is 261 g/mol. The monoisotopic (exact) mass is 261 g/mol. The predicted molar refractivity (Wildman–Crippen MR) is 76.9 cm³/mol. The Bertz CT molecular complexity index is 531. The van der Waals surface area contributed by atoms with Gasteiger partial charge < -0.3 is 10.1 Å². The molecule has 2 rings (SSSR count). The number of anilines is 2. The zero-order valence-electron chi connectivity index (χ0n) is 11.0. The van der Waals surface area contributed by atoms with Gasteiger partial charge in [-0.3, -0.25) is 5.43 Å². The minimum Gasteiger partial charge on any atom is -0.382 e. The molecular formula is C13H19N5O. The molecule has 0 amide bonds. The second kappa shape index (κ2) is 6.86. The highest BCUT2D eigenvalue weighted by molar-refractivity contribution is 5.89. The molecule has 6 heteroatoms. The molecule has 0 aliphatic heterocycles. The van der Waals surface area contributed by atoms with E-state index in [1.807, 2.05) is 31.2 Å².